The number of carboxylic acids is 1. The van der Waals surface area contributed by atoms with Crippen LogP contribution in [0.15, 0.2) is 46.9 Å². The Bertz CT molecular complexity index is 816. The van der Waals surface area contributed by atoms with Crippen molar-refractivity contribution in [2.75, 3.05) is 13.2 Å². The maximum absolute atomic E-state index is 12.7. The van der Waals surface area contributed by atoms with Gasteiger partial charge in [0.1, 0.15) is 5.82 Å². The van der Waals surface area contributed by atoms with Gasteiger partial charge in [-0.1, -0.05) is 24.3 Å². The number of nitrogens with one attached hydrogen (secondary N) is 1. The molecule has 1 atom stereocenters. The minimum atomic E-state index is -0.986. The molecule has 0 aromatic heterocycles. The zero-order valence-corrected chi connectivity index (χ0v) is 16.1. The van der Waals surface area contributed by atoms with Crippen LogP contribution in [0.4, 0.5) is 0 Å². The lowest BCUT2D eigenvalue weighted by Gasteiger charge is -2.30. The van der Waals surface area contributed by atoms with Crippen molar-refractivity contribution in [2.24, 2.45) is 5.73 Å². The van der Waals surface area contributed by atoms with Crippen LogP contribution < -0.4 is 11.1 Å². The van der Waals surface area contributed by atoms with Gasteiger partial charge in [-0.3, -0.25) is 4.79 Å². The first kappa shape index (κ1) is 21.0. The molecule has 1 aromatic rings. The van der Waals surface area contributed by atoms with Crippen molar-refractivity contribution in [3.63, 3.8) is 0 Å². The molecule has 0 saturated carbocycles. The number of ether oxygens (including phenoxy) is 2. The zero-order valence-electron chi connectivity index (χ0n) is 16.1. The highest BCUT2D eigenvalue weighted by molar-refractivity contribution is 5.99. The molecule has 28 heavy (non-hydrogen) atoms. The number of allylic oxidation sites excluding steroid dienone is 1. The number of carboxylic acid groups (broad SMARTS) is 1. The Morgan fingerprint density at radius 2 is 1.71 bits per heavy atom. The molecule has 0 bridgehead atoms. The third-order valence-electron chi connectivity index (χ3n) is 4.22. The average molecular weight is 388 g/mol. The first-order valence-corrected chi connectivity index (χ1v) is 8.92. The number of hydrogen-bond acceptors (Lipinski definition) is 7. The summed E-state index contributed by atoms with van der Waals surface area (Å²) in [4.78, 5) is 36.4. The van der Waals surface area contributed by atoms with E-state index in [9.17, 15) is 14.4 Å². The maximum Gasteiger partial charge on any atom is 0.338 e. The first-order chi connectivity index (χ1) is 13.3. The van der Waals surface area contributed by atoms with E-state index in [-0.39, 0.29) is 36.6 Å². The predicted molar refractivity (Wildman–Crippen MR) is 101 cm³/mol. The molecular formula is C20H24N2O6. The van der Waals surface area contributed by atoms with Crippen molar-refractivity contribution in [3.05, 3.63) is 58.1 Å². The van der Waals surface area contributed by atoms with Gasteiger partial charge in [-0.25, -0.2) is 9.59 Å². The van der Waals surface area contributed by atoms with Crippen LogP contribution >= 0.6 is 0 Å². The van der Waals surface area contributed by atoms with Crippen molar-refractivity contribution < 1.29 is 29.0 Å². The monoisotopic (exact) mass is 388 g/mol. The smallest absolute Gasteiger partial charge is 0.338 e. The van der Waals surface area contributed by atoms with Crippen molar-refractivity contribution in [2.45, 2.75) is 33.1 Å². The van der Waals surface area contributed by atoms with Gasteiger partial charge in [0.2, 0.25) is 0 Å². The minimum Gasteiger partial charge on any atom is -0.481 e. The molecule has 0 fully saturated rings. The van der Waals surface area contributed by atoms with Gasteiger partial charge in [0.15, 0.2) is 0 Å². The third-order valence-corrected chi connectivity index (χ3v) is 4.22. The van der Waals surface area contributed by atoms with Crippen molar-refractivity contribution in [1.29, 1.82) is 0 Å². The van der Waals surface area contributed by atoms with Gasteiger partial charge in [-0.15, -0.1) is 0 Å². The summed E-state index contributed by atoms with van der Waals surface area (Å²) >= 11 is 0. The second kappa shape index (κ2) is 9.07. The van der Waals surface area contributed by atoms with E-state index in [1.807, 2.05) is 0 Å². The van der Waals surface area contributed by atoms with Crippen LogP contribution in [0.5, 0.6) is 0 Å². The van der Waals surface area contributed by atoms with E-state index < -0.39 is 23.8 Å². The van der Waals surface area contributed by atoms with Gasteiger partial charge in [-0.2, -0.15) is 0 Å². The first-order valence-electron chi connectivity index (χ1n) is 8.92. The lowest BCUT2D eigenvalue weighted by Crippen LogP contribution is -2.36. The molecule has 1 heterocycles. The molecule has 0 radical (unpaired) electrons. The fourth-order valence-electron chi connectivity index (χ4n) is 3.16. The molecular weight excluding hydrogens is 364 g/mol. The van der Waals surface area contributed by atoms with E-state index in [0.717, 1.165) is 0 Å². The van der Waals surface area contributed by atoms with E-state index in [0.29, 0.717) is 16.8 Å². The highest BCUT2D eigenvalue weighted by Crippen LogP contribution is 2.38. The number of dihydropyridines is 1. The number of benzene rings is 1. The van der Waals surface area contributed by atoms with Crippen molar-refractivity contribution in [1.82, 2.24) is 5.32 Å². The molecule has 0 amide bonds. The van der Waals surface area contributed by atoms with Crippen LogP contribution in [0.1, 0.15) is 37.8 Å². The summed E-state index contributed by atoms with van der Waals surface area (Å²) in [7, 11) is 0. The Labute approximate surface area is 163 Å². The van der Waals surface area contributed by atoms with E-state index in [1.165, 1.54) is 0 Å². The molecule has 4 N–H and O–H groups in total. The molecule has 150 valence electrons. The average Bonchev–Trinajstić information content (AvgIpc) is 2.61. The van der Waals surface area contributed by atoms with Gasteiger partial charge < -0.3 is 25.6 Å². The molecule has 1 aromatic carbocycles. The van der Waals surface area contributed by atoms with Gasteiger partial charge in [-0.05, 0) is 31.9 Å². The topological polar surface area (TPSA) is 128 Å². The normalized spacial score (nSPS) is 16.5. The fraction of sp³-hybridized carbons (Fsp3) is 0.350. The Morgan fingerprint density at radius 3 is 2.29 bits per heavy atom. The molecule has 1 aliphatic heterocycles. The number of carbonyl (C=O) groups excluding carboxylic acids is 2. The molecule has 1 unspecified atom stereocenters. The zero-order chi connectivity index (χ0) is 20.8. The van der Waals surface area contributed by atoms with Gasteiger partial charge in [0.25, 0.3) is 0 Å². The molecule has 2 rings (SSSR count). The summed E-state index contributed by atoms with van der Waals surface area (Å²) in [5.41, 5.74) is 7.92. The van der Waals surface area contributed by atoms with Crippen LogP contribution in [0.2, 0.25) is 0 Å². The molecule has 0 saturated heterocycles. The molecule has 0 aliphatic carbocycles. The van der Waals surface area contributed by atoms with Crippen LogP contribution in [0, 0.1) is 0 Å². The summed E-state index contributed by atoms with van der Waals surface area (Å²) in [5.74, 6) is -2.99. The van der Waals surface area contributed by atoms with Crippen LogP contribution in [-0.4, -0.2) is 36.2 Å². The molecule has 8 nitrogen and oxygen atoms in total. The van der Waals surface area contributed by atoms with Gasteiger partial charge in [0.05, 0.1) is 36.7 Å². The van der Waals surface area contributed by atoms with Gasteiger partial charge >= 0.3 is 17.9 Å². The predicted octanol–water partition coefficient (Wildman–Crippen LogP) is 1.57. The van der Waals surface area contributed by atoms with Crippen LogP contribution in [-0.2, 0) is 30.3 Å². The lowest BCUT2D eigenvalue weighted by atomic mass is 9.80. The van der Waals surface area contributed by atoms with Crippen LogP contribution in [0.25, 0.3) is 0 Å². The van der Waals surface area contributed by atoms with Gasteiger partial charge in [0, 0.05) is 5.70 Å². The summed E-state index contributed by atoms with van der Waals surface area (Å²) < 4.78 is 10.3. The third kappa shape index (κ3) is 4.51. The number of aliphatic carboxylic acids is 1. The number of nitrogens with two attached hydrogens (primary N) is 1. The van der Waals surface area contributed by atoms with Crippen molar-refractivity contribution >= 4 is 17.9 Å². The number of hydrogen-bond donors (Lipinski definition) is 3. The number of carbonyl (C=O) groups is 3. The Kier molecular flexibility index (Phi) is 6.81. The number of rotatable bonds is 7. The lowest BCUT2D eigenvalue weighted by molar-refractivity contribution is -0.140. The van der Waals surface area contributed by atoms with E-state index in [2.05, 4.69) is 5.32 Å². The Balaban J connectivity index is 2.64. The molecule has 0 spiro atoms. The number of esters is 2. The Hall–Kier alpha value is -3.29. The highest BCUT2D eigenvalue weighted by atomic mass is 16.5. The van der Waals surface area contributed by atoms with Crippen LogP contribution in [0.3, 0.4) is 0 Å². The summed E-state index contributed by atoms with van der Waals surface area (Å²) in [6.45, 7) is 5.31. The van der Waals surface area contributed by atoms with Crippen molar-refractivity contribution in [3.8, 4) is 0 Å². The second-order valence-electron chi connectivity index (χ2n) is 6.18. The quantitative estimate of drug-likeness (QED) is 0.601. The van der Waals surface area contributed by atoms with E-state index >= 15 is 0 Å². The summed E-state index contributed by atoms with van der Waals surface area (Å²) in [6, 6.07) is 6.69. The second-order valence-corrected chi connectivity index (χ2v) is 6.18. The maximum atomic E-state index is 12.7. The fourth-order valence-corrected chi connectivity index (χ4v) is 3.16. The van der Waals surface area contributed by atoms with E-state index in [4.69, 9.17) is 20.3 Å². The molecule has 8 heteroatoms. The van der Waals surface area contributed by atoms with E-state index in [1.54, 1.807) is 45.0 Å². The highest BCUT2D eigenvalue weighted by Gasteiger charge is 2.38. The molecule has 1 aliphatic rings. The summed E-state index contributed by atoms with van der Waals surface area (Å²) in [5, 5.41) is 11.9. The SMILES string of the molecule is CCOC(=O)C1=C(C)NC(N)=C(C(=O)OCC)C1c1cccc(CC(=O)O)c1. The summed E-state index contributed by atoms with van der Waals surface area (Å²) in [6.07, 6.45) is -0.190. The standard InChI is InChI=1S/C20H24N2O6/c1-4-27-19(25)15-11(3)22-18(21)17(20(26)28-5-2)16(15)13-8-6-7-12(9-13)10-14(23)24/h6-9,16,22H,4-5,10,21H2,1-3H3,(H,23,24). The Morgan fingerprint density at radius 1 is 1.11 bits per heavy atom. The largest absolute Gasteiger partial charge is 0.481 e. The minimum absolute atomic E-state index is 0.0811.